The van der Waals surface area contributed by atoms with Crippen molar-refractivity contribution < 1.29 is 18.6 Å². The molecule has 3 atom stereocenters. The van der Waals surface area contributed by atoms with Crippen LogP contribution in [0.2, 0.25) is 0 Å². The first-order valence-electron chi connectivity index (χ1n) is 12.5. The van der Waals surface area contributed by atoms with Crippen molar-refractivity contribution in [2.75, 3.05) is 46.1 Å². The van der Waals surface area contributed by atoms with Gasteiger partial charge in [-0.25, -0.2) is 4.39 Å². The Hall–Kier alpha value is -2.48. The average molecular weight is 484 g/mol. The molecule has 1 saturated heterocycles. The fourth-order valence-corrected chi connectivity index (χ4v) is 5.54. The number of H-pyrrole nitrogens is 1. The summed E-state index contributed by atoms with van der Waals surface area (Å²) < 4.78 is 33.6. The Labute approximate surface area is 205 Å². The molecule has 0 bridgehead atoms. The number of halogens is 2. The lowest BCUT2D eigenvalue weighted by Gasteiger charge is -2.43. The molecule has 188 valence electrons. The van der Waals surface area contributed by atoms with Crippen LogP contribution in [0.1, 0.15) is 36.7 Å². The van der Waals surface area contributed by atoms with Crippen molar-refractivity contribution in [1.29, 1.82) is 0 Å². The third-order valence-electron chi connectivity index (χ3n) is 7.48. The van der Waals surface area contributed by atoms with E-state index < -0.39 is 12.3 Å². The molecule has 3 heterocycles. The quantitative estimate of drug-likeness (QED) is 0.471. The lowest BCUT2D eigenvalue weighted by molar-refractivity contribution is 0.0175. The number of aliphatic hydroxyl groups is 1. The fourth-order valence-electron chi connectivity index (χ4n) is 5.54. The minimum absolute atomic E-state index is 0.105. The molecule has 0 aliphatic carbocycles. The van der Waals surface area contributed by atoms with E-state index in [1.807, 2.05) is 18.2 Å². The molecule has 0 spiro atoms. The van der Waals surface area contributed by atoms with Crippen LogP contribution in [0.15, 0.2) is 48.5 Å². The third-order valence-corrected chi connectivity index (χ3v) is 7.48. The zero-order valence-corrected chi connectivity index (χ0v) is 20.5. The van der Waals surface area contributed by atoms with Crippen molar-refractivity contribution in [3.05, 3.63) is 65.4 Å². The molecule has 5 rings (SSSR count). The van der Waals surface area contributed by atoms with E-state index in [0.717, 1.165) is 48.6 Å². The maximum Gasteiger partial charge on any atom is 0.143 e. The second-order valence-electron chi connectivity index (χ2n) is 10.5. The van der Waals surface area contributed by atoms with Crippen LogP contribution >= 0.6 is 0 Å². The molecule has 1 fully saturated rings. The molecule has 3 aromatic rings. The normalized spacial score (nSPS) is 23.1. The Morgan fingerprint density at radius 1 is 1.14 bits per heavy atom. The second kappa shape index (κ2) is 9.88. The van der Waals surface area contributed by atoms with Crippen molar-refractivity contribution >= 4 is 10.9 Å². The molecular formula is C28H35F2N3O2. The summed E-state index contributed by atoms with van der Waals surface area (Å²) in [5, 5.41) is 10.9. The Balaban J connectivity index is 1.39. The number of rotatable bonds is 9. The summed E-state index contributed by atoms with van der Waals surface area (Å²) in [7, 11) is 0. The highest BCUT2D eigenvalue weighted by Gasteiger charge is 2.39. The number of nitrogens with zero attached hydrogens (tertiary/aromatic N) is 2. The highest BCUT2D eigenvalue weighted by molar-refractivity contribution is 5.85. The number of likely N-dealkylation sites (tertiary alicyclic amines) is 1. The second-order valence-corrected chi connectivity index (χ2v) is 10.5. The van der Waals surface area contributed by atoms with Gasteiger partial charge in [0.15, 0.2) is 0 Å². The van der Waals surface area contributed by atoms with Gasteiger partial charge in [0.1, 0.15) is 18.0 Å². The number of para-hydroxylation sites is 1. The van der Waals surface area contributed by atoms with Crippen LogP contribution in [-0.2, 0) is 6.42 Å². The summed E-state index contributed by atoms with van der Waals surface area (Å²) >= 11 is 0. The van der Waals surface area contributed by atoms with Gasteiger partial charge < -0.3 is 14.8 Å². The van der Waals surface area contributed by atoms with E-state index in [2.05, 4.69) is 52.0 Å². The SMILES string of the molecule is C[C@@H]1Cc2c([nH]c3ccccc23)[C@@H](c2ccc(OCCN3CC(CF)C3)cc2)N1C[C@](C)(F)CO. The van der Waals surface area contributed by atoms with Crippen molar-refractivity contribution in [2.45, 2.75) is 38.0 Å². The van der Waals surface area contributed by atoms with Gasteiger partial charge >= 0.3 is 0 Å². The van der Waals surface area contributed by atoms with Crippen LogP contribution in [0.25, 0.3) is 10.9 Å². The van der Waals surface area contributed by atoms with Gasteiger partial charge in [-0.05, 0) is 49.6 Å². The van der Waals surface area contributed by atoms with Crippen molar-refractivity contribution in [2.24, 2.45) is 5.92 Å². The number of aromatic amines is 1. The zero-order valence-electron chi connectivity index (χ0n) is 20.5. The minimum atomic E-state index is -1.70. The fraction of sp³-hybridized carbons (Fsp3) is 0.500. The molecule has 7 heteroatoms. The maximum absolute atomic E-state index is 15.0. The van der Waals surface area contributed by atoms with Crippen LogP contribution in [0.4, 0.5) is 8.78 Å². The molecule has 2 N–H and O–H groups in total. The molecule has 2 aromatic carbocycles. The van der Waals surface area contributed by atoms with Crippen LogP contribution in [-0.4, -0.2) is 77.7 Å². The first-order chi connectivity index (χ1) is 16.9. The number of alkyl halides is 2. The molecule has 35 heavy (non-hydrogen) atoms. The number of nitrogens with one attached hydrogen (secondary N) is 1. The smallest absolute Gasteiger partial charge is 0.143 e. The number of aromatic nitrogens is 1. The zero-order chi connectivity index (χ0) is 24.6. The van der Waals surface area contributed by atoms with Gasteiger partial charge in [0.05, 0.1) is 19.3 Å². The van der Waals surface area contributed by atoms with Gasteiger partial charge in [-0.15, -0.1) is 0 Å². The predicted molar refractivity (Wildman–Crippen MR) is 134 cm³/mol. The summed E-state index contributed by atoms with van der Waals surface area (Å²) in [6.45, 7) is 5.94. The highest BCUT2D eigenvalue weighted by Crippen LogP contribution is 2.42. The molecule has 5 nitrogen and oxygen atoms in total. The van der Waals surface area contributed by atoms with Gasteiger partial charge in [-0.2, -0.15) is 0 Å². The maximum atomic E-state index is 15.0. The van der Waals surface area contributed by atoms with Gasteiger partial charge in [0, 0.05) is 54.7 Å². The Morgan fingerprint density at radius 2 is 1.89 bits per heavy atom. The van der Waals surface area contributed by atoms with Gasteiger partial charge in [0.2, 0.25) is 0 Å². The topological polar surface area (TPSA) is 51.7 Å². The summed E-state index contributed by atoms with van der Waals surface area (Å²) in [5.74, 6) is 0.968. The molecule has 2 aliphatic rings. The van der Waals surface area contributed by atoms with E-state index in [4.69, 9.17) is 4.74 Å². The van der Waals surface area contributed by atoms with Crippen molar-refractivity contribution in [3.8, 4) is 5.75 Å². The number of fused-ring (bicyclic) bond motifs is 3. The molecule has 2 aliphatic heterocycles. The van der Waals surface area contributed by atoms with E-state index in [0.29, 0.717) is 6.61 Å². The summed E-state index contributed by atoms with van der Waals surface area (Å²) in [4.78, 5) is 7.97. The van der Waals surface area contributed by atoms with Gasteiger partial charge in [-0.3, -0.25) is 14.2 Å². The summed E-state index contributed by atoms with van der Waals surface area (Å²) in [5.41, 5.74) is 2.81. The van der Waals surface area contributed by atoms with Crippen LogP contribution in [0.3, 0.4) is 0 Å². The standard InChI is InChI=1S/C28H35F2N3O2/c1-19-13-24-23-5-3-4-6-25(23)31-26(24)27(33(19)17-28(2,30)18-34)21-7-9-22(10-8-21)35-12-11-32-15-20(14-29)16-32/h3-10,19-20,27,31,34H,11-18H2,1-2H3/t19-,27-,28+/m1/s1. The molecule has 0 amide bonds. The first kappa shape index (κ1) is 24.2. The van der Waals surface area contributed by atoms with E-state index >= 15 is 4.39 Å². The molecule has 0 radical (unpaired) electrons. The van der Waals surface area contributed by atoms with E-state index in [9.17, 15) is 9.50 Å². The van der Waals surface area contributed by atoms with Crippen LogP contribution < -0.4 is 4.74 Å². The average Bonchev–Trinajstić information content (AvgIpc) is 3.19. The van der Waals surface area contributed by atoms with E-state index in [1.165, 1.54) is 17.9 Å². The number of aliphatic hydroxyl groups excluding tert-OH is 1. The summed E-state index contributed by atoms with van der Waals surface area (Å²) in [6, 6.07) is 16.3. The Morgan fingerprint density at radius 3 is 2.60 bits per heavy atom. The lowest BCUT2D eigenvalue weighted by Crippen LogP contribution is -2.49. The number of benzene rings is 2. The minimum Gasteiger partial charge on any atom is -0.492 e. The molecule has 0 unspecified atom stereocenters. The van der Waals surface area contributed by atoms with Gasteiger partial charge in [-0.1, -0.05) is 30.3 Å². The number of hydrogen-bond donors (Lipinski definition) is 2. The van der Waals surface area contributed by atoms with Crippen LogP contribution in [0.5, 0.6) is 5.75 Å². The predicted octanol–water partition coefficient (Wildman–Crippen LogP) is 4.50. The monoisotopic (exact) mass is 483 g/mol. The molecule has 0 saturated carbocycles. The van der Waals surface area contributed by atoms with Crippen molar-refractivity contribution in [3.63, 3.8) is 0 Å². The first-order valence-corrected chi connectivity index (χ1v) is 12.5. The van der Waals surface area contributed by atoms with Crippen LogP contribution in [0, 0.1) is 5.92 Å². The van der Waals surface area contributed by atoms with Gasteiger partial charge in [0.25, 0.3) is 0 Å². The Bertz CT molecular complexity index is 1140. The lowest BCUT2D eigenvalue weighted by atomic mass is 9.87. The number of hydrogen-bond acceptors (Lipinski definition) is 4. The third kappa shape index (κ3) is 4.95. The summed E-state index contributed by atoms with van der Waals surface area (Å²) in [6.07, 6.45) is 0.818. The largest absolute Gasteiger partial charge is 0.492 e. The van der Waals surface area contributed by atoms with Crippen molar-refractivity contribution in [1.82, 2.24) is 14.8 Å². The molecular weight excluding hydrogens is 448 g/mol. The molecule has 1 aromatic heterocycles. The van der Waals surface area contributed by atoms with E-state index in [1.54, 1.807) is 0 Å². The Kier molecular flexibility index (Phi) is 6.84. The van der Waals surface area contributed by atoms with E-state index in [-0.39, 0.29) is 31.2 Å². The number of ether oxygens (including phenoxy) is 1. The highest BCUT2D eigenvalue weighted by atomic mass is 19.1.